The van der Waals surface area contributed by atoms with Crippen LogP contribution >= 0.6 is 24.0 Å². The standard InChI is InChI=1S/C22H35N5O3.HI/c1-23-22(24-17-18-6-4-7-19(16-18)29-15-13-25(2)3)27-11-9-26(10-12-27)21(28)20-8-5-14-30-20;/h4,6-7,16,20H,5,8-15,17H2,1-3H3,(H,23,24);1H. The second kappa shape index (κ2) is 13.1. The Morgan fingerprint density at radius 1 is 1.26 bits per heavy atom. The van der Waals surface area contributed by atoms with E-state index in [1.165, 1.54) is 0 Å². The number of carbonyl (C=O) groups is 1. The van der Waals surface area contributed by atoms with Crippen LogP contribution < -0.4 is 10.1 Å². The number of guanidine groups is 1. The van der Waals surface area contributed by atoms with Crippen molar-refractivity contribution in [2.75, 3.05) is 67.1 Å². The third kappa shape index (κ3) is 7.80. The molecule has 1 amide bonds. The predicted molar refractivity (Wildman–Crippen MR) is 133 cm³/mol. The van der Waals surface area contributed by atoms with Crippen molar-refractivity contribution < 1.29 is 14.3 Å². The van der Waals surface area contributed by atoms with E-state index < -0.39 is 0 Å². The Morgan fingerprint density at radius 2 is 2.00 bits per heavy atom. The molecule has 2 saturated heterocycles. The van der Waals surface area contributed by atoms with Gasteiger partial charge in [-0.15, -0.1) is 24.0 Å². The maximum atomic E-state index is 12.5. The van der Waals surface area contributed by atoms with E-state index >= 15 is 0 Å². The van der Waals surface area contributed by atoms with E-state index in [0.717, 1.165) is 49.7 Å². The average molecular weight is 545 g/mol. The number of hydrogen-bond acceptors (Lipinski definition) is 5. The number of likely N-dealkylation sites (N-methyl/N-ethyl adjacent to an activating group) is 1. The van der Waals surface area contributed by atoms with Crippen LogP contribution in [0.4, 0.5) is 0 Å². The van der Waals surface area contributed by atoms with Crippen LogP contribution in [0.25, 0.3) is 0 Å². The van der Waals surface area contributed by atoms with E-state index in [9.17, 15) is 4.79 Å². The van der Waals surface area contributed by atoms with E-state index in [2.05, 4.69) is 32.2 Å². The molecule has 0 bridgehead atoms. The maximum absolute atomic E-state index is 12.5. The molecule has 2 aliphatic rings. The molecule has 2 aliphatic heterocycles. The molecule has 0 aliphatic carbocycles. The van der Waals surface area contributed by atoms with E-state index in [1.54, 1.807) is 7.05 Å². The number of piperazine rings is 1. The number of aliphatic imine (C=N–C) groups is 1. The highest BCUT2D eigenvalue weighted by Gasteiger charge is 2.30. The van der Waals surface area contributed by atoms with Gasteiger partial charge in [0.05, 0.1) is 0 Å². The second-order valence-electron chi connectivity index (χ2n) is 8.01. The minimum atomic E-state index is -0.235. The van der Waals surface area contributed by atoms with Gasteiger partial charge in [-0.2, -0.15) is 0 Å². The molecule has 0 spiro atoms. The van der Waals surface area contributed by atoms with Gasteiger partial charge in [0, 0.05) is 52.9 Å². The van der Waals surface area contributed by atoms with Crippen LogP contribution in [0.15, 0.2) is 29.3 Å². The van der Waals surface area contributed by atoms with Crippen LogP contribution in [0.2, 0.25) is 0 Å². The number of nitrogens with zero attached hydrogens (tertiary/aromatic N) is 4. The number of hydrogen-bond donors (Lipinski definition) is 1. The molecule has 1 aromatic rings. The molecule has 1 aromatic carbocycles. The Morgan fingerprint density at radius 3 is 2.65 bits per heavy atom. The van der Waals surface area contributed by atoms with Gasteiger partial charge in [0.2, 0.25) is 0 Å². The number of rotatable bonds is 7. The molecule has 8 nitrogen and oxygen atoms in total. The number of halogens is 1. The molecule has 1 N–H and O–H groups in total. The van der Waals surface area contributed by atoms with Crippen LogP contribution in [0, 0.1) is 0 Å². The van der Waals surface area contributed by atoms with Gasteiger partial charge < -0.3 is 29.5 Å². The summed E-state index contributed by atoms with van der Waals surface area (Å²) in [6, 6.07) is 8.14. The van der Waals surface area contributed by atoms with Crippen molar-refractivity contribution in [2.45, 2.75) is 25.5 Å². The Labute approximate surface area is 203 Å². The predicted octanol–water partition coefficient (Wildman–Crippen LogP) is 1.64. The summed E-state index contributed by atoms with van der Waals surface area (Å²) in [4.78, 5) is 23.2. The van der Waals surface area contributed by atoms with Gasteiger partial charge >= 0.3 is 0 Å². The Balaban J connectivity index is 0.00000341. The van der Waals surface area contributed by atoms with Crippen molar-refractivity contribution in [2.24, 2.45) is 4.99 Å². The van der Waals surface area contributed by atoms with Gasteiger partial charge in [0.25, 0.3) is 5.91 Å². The third-order valence-corrected chi connectivity index (χ3v) is 5.46. The summed E-state index contributed by atoms with van der Waals surface area (Å²) in [5.74, 6) is 1.88. The van der Waals surface area contributed by atoms with Crippen molar-refractivity contribution in [1.29, 1.82) is 0 Å². The first-order valence-corrected chi connectivity index (χ1v) is 10.8. The monoisotopic (exact) mass is 545 g/mol. The lowest BCUT2D eigenvalue weighted by Crippen LogP contribution is -2.55. The smallest absolute Gasteiger partial charge is 0.251 e. The van der Waals surface area contributed by atoms with Gasteiger partial charge in [-0.3, -0.25) is 9.79 Å². The van der Waals surface area contributed by atoms with E-state index in [1.807, 2.05) is 31.1 Å². The third-order valence-electron chi connectivity index (χ3n) is 5.46. The fraction of sp³-hybridized carbons (Fsp3) is 0.636. The van der Waals surface area contributed by atoms with Gasteiger partial charge in [-0.25, -0.2) is 0 Å². The van der Waals surface area contributed by atoms with Crippen LogP contribution in [-0.4, -0.2) is 99.8 Å². The normalized spacial score (nSPS) is 19.4. The summed E-state index contributed by atoms with van der Waals surface area (Å²) >= 11 is 0. The van der Waals surface area contributed by atoms with Gasteiger partial charge in [-0.05, 0) is 44.6 Å². The molecule has 2 heterocycles. The molecule has 2 fully saturated rings. The lowest BCUT2D eigenvalue weighted by molar-refractivity contribution is -0.142. The molecule has 1 unspecified atom stereocenters. The van der Waals surface area contributed by atoms with Gasteiger partial charge in [-0.1, -0.05) is 12.1 Å². The van der Waals surface area contributed by atoms with Crippen molar-refractivity contribution in [1.82, 2.24) is 20.0 Å². The SMILES string of the molecule is CN=C(NCc1cccc(OCCN(C)C)c1)N1CCN(C(=O)C2CCCO2)CC1.I. The topological polar surface area (TPSA) is 69.6 Å². The molecule has 31 heavy (non-hydrogen) atoms. The van der Waals surface area contributed by atoms with Crippen molar-refractivity contribution in [3.05, 3.63) is 29.8 Å². The molecular formula is C22H36IN5O3. The molecular weight excluding hydrogens is 509 g/mol. The number of carbonyl (C=O) groups excluding carboxylic acids is 1. The highest BCUT2D eigenvalue weighted by molar-refractivity contribution is 14.0. The summed E-state index contributed by atoms with van der Waals surface area (Å²) in [6.45, 7) is 5.87. The quantitative estimate of drug-likeness (QED) is 0.320. The Kier molecular flexibility index (Phi) is 10.8. The fourth-order valence-corrected chi connectivity index (χ4v) is 3.72. The molecule has 1 atom stereocenters. The molecule has 3 rings (SSSR count). The van der Waals surface area contributed by atoms with Crippen LogP contribution in [-0.2, 0) is 16.1 Å². The highest BCUT2D eigenvalue weighted by Crippen LogP contribution is 2.16. The maximum Gasteiger partial charge on any atom is 0.251 e. The lowest BCUT2D eigenvalue weighted by Gasteiger charge is -2.37. The highest BCUT2D eigenvalue weighted by atomic mass is 127. The van der Waals surface area contributed by atoms with E-state index in [4.69, 9.17) is 9.47 Å². The largest absolute Gasteiger partial charge is 0.492 e. The van der Waals surface area contributed by atoms with E-state index in [-0.39, 0.29) is 36.0 Å². The Bertz CT molecular complexity index is 717. The van der Waals surface area contributed by atoms with Crippen molar-refractivity contribution in [3.8, 4) is 5.75 Å². The zero-order valence-electron chi connectivity index (χ0n) is 18.9. The molecule has 0 aromatic heterocycles. The first kappa shape index (κ1) is 25.7. The Hall–Kier alpha value is -1.59. The zero-order chi connectivity index (χ0) is 21.3. The van der Waals surface area contributed by atoms with Gasteiger partial charge in [0.15, 0.2) is 5.96 Å². The molecule has 174 valence electrons. The molecule has 0 saturated carbocycles. The average Bonchev–Trinajstić information content (AvgIpc) is 3.29. The summed E-state index contributed by atoms with van der Waals surface area (Å²) in [5.41, 5.74) is 1.14. The fourth-order valence-electron chi connectivity index (χ4n) is 3.72. The minimum Gasteiger partial charge on any atom is -0.492 e. The lowest BCUT2D eigenvalue weighted by atomic mass is 10.2. The molecule has 9 heteroatoms. The minimum absolute atomic E-state index is 0. The molecule has 0 radical (unpaired) electrons. The van der Waals surface area contributed by atoms with Crippen LogP contribution in [0.3, 0.4) is 0 Å². The summed E-state index contributed by atoms with van der Waals surface area (Å²) in [7, 11) is 5.87. The van der Waals surface area contributed by atoms with Crippen molar-refractivity contribution >= 4 is 35.8 Å². The summed E-state index contributed by atoms with van der Waals surface area (Å²) in [6.07, 6.45) is 1.59. The number of ether oxygens (including phenoxy) is 2. The summed E-state index contributed by atoms with van der Waals surface area (Å²) in [5, 5.41) is 3.44. The number of amides is 1. The van der Waals surface area contributed by atoms with E-state index in [0.29, 0.717) is 32.8 Å². The van der Waals surface area contributed by atoms with Crippen LogP contribution in [0.5, 0.6) is 5.75 Å². The first-order chi connectivity index (χ1) is 14.6. The van der Waals surface area contributed by atoms with Crippen LogP contribution in [0.1, 0.15) is 18.4 Å². The second-order valence-corrected chi connectivity index (χ2v) is 8.01. The van der Waals surface area contributed by atoms with Gasteiger partial charge in [0.1, 0.15) is 18.5 Å². The first-order valence-electron chi connectivity index (χ1n) is 10.8. The number of nitrogens with one attached hydrogen (secondary N) is 1. The van der Waals surface area contributed by atoms with Crippen molar-refractivity contribution in [3.63, 3.8) is 0 Å². The summed E-state index contributed by atoms with van der Waals surface area (Å²) < 4.78 is 11.4. The zero-order valence-corrected chi connectivity index (χ0v) is 21.2. The number of benzene rings is 1.